The summed E-state index contributed by atoms with van der Waals surface area (Å²) in [7, 11) is 0. The molecule has 1 unspecified atom stereocenters. The highest BCUT2D eigenvalue weighted by Crippen LogP contribution is 2.27. The third-order valence-electron chi connectivity index (χ3n) is 3.15. The van der Waals surface area contributed by atoms with Gasteiger partial charge in [0.05, 0.1) is 17.3 Å². The Morgan fingerprint density at radius 1 is 1.35 bits per heavy atom. The maximum absolute atomic E-state index is 9.06. The number of rotatable bonds is 6. The van der Waals surface area contributed by atoms with Gasteiger partial charge in [0.1, 0.15) is 0 Å². The summed E-state index contributed by atoms with van der Waals surface area (Å²) < 4.78 is 0. The van der Waals surface area contributed by atoms with Crippen molar-refractivity contribution in [2.24, 2.45) is 5.92 Å². The smallest absolute Gasteiger partial charge is 0.0682 e. The molecule has 0 heterocycles. The van der Waals surface area contributed by atoms with E-state index < -0.39 is 0 Å². The van der Waals surface area contributed by atoms with E-state index in [2.05, 4.69) is 25.7 Å². The Morgan fingerprint density at radius 2 is 2.06 bits per heavy atom. The molecule has 0 aromatic heterocycles. The fourth-order valence-corrected chi connectivity index (χ4v) is 2.13. The van der Waals surface area contributed by atoms with Gasteiger partial charge in [0.25, 0.3) is 0 Å². The van der Waals surface area contributed by atoms with Gasteiger partial charge in [-0.05, 0) is 30.5 Å². The van der Waals surface area contributed by atoms with Crippen LogP contribution in [0.1, 0.15) is 32.8 Å². The van der Waals surface area contributed by atoms with Crippen molar-refractivity contribution in [1.82, 2.24) is 0 Å². The molecule has 1 rings (SSSR count). The van der Waals surface area contributed by atoms with Crippen LogP contribution in [0.15, 0.2) is 18.2 Å². The zero-order valence-electron chi connectivity index (χ0n) is 10.9. The third-order valence-corrected chi connectivity index (χ3v) is 3.45. The highest BCUT2D eigenvalue weighted by atomic mass is 35.5. The molecule has 0 radical (unpaired) electrons. The first-order valence-corrected chi connectivity index (χ1v) is 6.64. The quantitative estimate of drug-likeness (QED) is 0.838. The minimum Gasteiger partial charge on any atom is -0.392 e. The van der Waals surface area contributed by atoms with Crippen LogP contribution in [-0.4, -0.2) is 18.2 Å². The lowest BCUT2D eigenvalue weighted by Gasteiger charge is -2.27. The van der Waals surface area contributed by atoms with Crippen LogP contribution < -0.4 is 4.90 Å². The second-order valence-corrected chi connectivity index (χ2v) is 4.90. The molecule has 1 N–H and O–H groups in total. The van der Waals surface area contributed by atoms with Gasteiger partial charge in [-0.25, -0.2) is 0 Å². The summed E-state index contributed by atoms with van der Waals surface area (Å²) in [6, 6.07) is 5.77. The summed E-state index contributed by atoms with van der Waals surface area (Å²) in [5.74, 6) is 0.656. The molecular formula is C14H22ClNO. The predicted molar refractivity (Wildman–Crippen MR) is 74.7 cm³/mol. The molecule has 0 aliphatic carbocycles. The molecule has 1 atom stereocenters. The first-order valence-electron chi connectivity index (χ1n) is 6.26. The number of anilines is 1. The second-order valence-electron chi connectivity index (χ2n) is 4.50. The Morgan fingerprint density at radius 3 is 2.53 bits per heavy atom. The molecule has 0 saturated heterocycles. The molecule has 1 aromatic carbocycles. The molecule has 0 aliphatic rings. The van der Waals surface area contributed by atoms with Gasteiger partial charge >= 0.3 is 0 Å². The number of benzene rings is 1. The summed E-state index contributed by atoms with van der Waals surface area (Å²) in [4.78, 5) is 2.29. The molecule has 1 aromatic rings. The molecule has 96 valence electrons. The van der Waals surface area contributed by atoms with Gasteiger partial charge in [0.2, 0.25) is 0 Å². The van der Waals surface area contributed by atoms with Gasteiger partial charge < -0.3 is 10.0 Å². The number of hydrogen-bond acceptors (Lipinski definition) is 2. The van der Waals surface area contributed by atoms with Crippen molar-refractivity contribution in [3.8, 4) is 0 Å². The van der Waals surface area contributed by atoms with Crippen LogP contribution in [0.3, 0.4) is 0 Å². The molecule has 3 heteroatoms. The fraction of sp³-hybridized carbons (Fsp3) is 0.571. The van der Waals surface area contributed by atoms with Crippen LogP contribution in [0.2, 0.25) is 5.02 Å². The first kappa shape index (κ1) is 14.3. The Labute approximate surface area is 109 Å². The zero-order chi connectivity index (χ0) is 12.8. The highest BCUT2D eigenvalue weighted by Gasteiger charge is 2.11. The van der Waals surface area contributed by atoms with Crippen LogP contribution in [0.25, 0.3) is 0 Å². The molecule has 0 aliphatic heterocycles. The molecule has 17 heavy (non-hydrogen) atoms. The first-order chi connectivity index (χ1) is 8.12. The van der Waals surface area contributed by atoms with E-state index >= 15 is 0 Å². The largest absolute Gasteiger partial charge is 0.392 e. The summed E-state index contributed by atoms with van der Waals surface area (Å²) in [6.07, 6.45) is 1.17. The lowest BCUT2D eigenvalue weighted by atomic mass is 10.1. The van der Waals surface area contributed by atoms with Crippen molar-refractivity contribution in [2.45, 2.75) is 33.8 Å². The normalized spacial score (nSPS) is 12.5. The van der Waals surface area contributed by atoms with E-state index in [1.54, 1.807) is 0 Å². The Balaban J connectivity index is 2.88. The van der Waals surface area contributed by atoms with Gasteiger partial charge in [-0.2, -0.15) is 0 Å². The van der Waals surface area contributed by atoms with Crippen molar-refractivity contribution in [3.05, 3.63) is 28.8 Å². The Hall–Kier alpha value is -0.730. The minimum absolute atomic E-state index is 0.0392. The average Bonchev–Trinajstić information content (AvgIpc) is 2.35. The minimum atomic E-state index is 0.0392. The second kappa shape index (κ2) is 6.87. The van der Waals surface area contributed by atoms with Crippen LogP contribution in [0, 0.1) is 5.92 Å². The van der Waals surface area contributed by atoms with Crippen molar-refractivity contribution >= 4 is 17.3 Å². The van der Waals surface area contributed by atoms with E-state index in [9.17, 15) is 0 Å². The standard InChI is InChI=1S/C14H22ClNO/c1-4-11(3)9-16(5-2)14-7-6-12(10-17)8-13(14)15/h6-8,11,17H,4-5,9-10H2,1-3H3. The van der Waals surface area contributed by atoms with E-state index in [-0.39, 0.29) is 6.61 Å². The molecule has 0 bridgehead atoms. The molecule has 0 spiro atoms. The molecule has 0 fully saturated rings. The SMILES string of the molecule is CCC(C)CN(CC)c1ccc(CO)cc1Cl. The van der Waals surface area contributed by atoms with Gasteiger partial charge in [-0.1, -0.05) is 37.9 Å². The van der Waals surface area contributed by atoms with Crippen molar-refractivity contribution < 1.29 is 5.11 Å². The van der Waals surface area contributed by atoms with E-state index in [1.807, 2.05) is 18.2 Å². The zero-order valence-corrected chi connectivity index (χ0v) is 11.7. The topological polar surface area (TPSA) is 23.5 Å². The number of aliphatic hydroxyl groups excluding tert-OH is 1. The molecular weight excluding hydrogens is 234 g/mol. The van der Waals surface area contributed by atoms with Crippen LogP contribution in [0.4, 0.5) is 5.69 Å². The fourth-order valence-electron chi connectivity index (χ4n) is 1.81. The van der Waals surface area contributed by atoms with Crippen LogP contribution >= 0.6 is 11.6 Å². The Kier molecular flexibility index (Phi) is 5.79. The lowest BCUT2D eigenvalue weighted by molar-refractivity contribution is 0.282. The Bertz CT molecular complexity index is 354. The van der Waals surface area contributed by atoms with Gasteiger partial charge in [0.15, 0.2) is 0 Å². The van der Waals surface area contributed by atoms with Crippen LogP contribution in [-0.2, 0) is 6.61 Å². The lowest BCUT2D eigenvalue weighted by Crippen LogP contribution is -2.28. The summed E-state index contributed by atoms with van der Waals surface area (Å²) >= 11 is 6.26. The van der Waals surface area contributed by atoms with Gasteiger partial charge in [-0.3, -0.25) is 0 Å². The summed E-state index contributed by atoms with van der Waals surface area (Å²) in [5, 5.41) is 9.78. The van der Waals surface area contributed by atoms with Gasteiger partial charge in [0, 0.05) is 13.1 Å². The summed E-state index contributed by atoms with van der Waals surface area (Å²) in [6.45, 7) is 8.59. The third kappa shape index (κ3) is 3.90. The highest BCUT2D eigenvalue weighted by molar-refractivity contribution is 6.33. The average molecular weight is 256 g/mol. The predicted octanol–water partition coefficient (Wildman–Crippen LogP) is 3.70. The molecule has 0 saturated carbocycles. The van der Waals surface area contributed by atoms with E-state index in [0.717, 1.165) is 29.4 Å². The number of hydrogen-bond donors (Lipinski definition) is 1. The van der Waals surface area contributed by atoms with Gasteiger partial charge in [-0.15, -0.1) is 0 Å². The van der Waals surface area contributed by atoms with Crippen molar-refractivity contribution in [1.29, 1.82) is 0 Å². The van der Waals surface area contributed by atoms with Crippen molar-refractivity contribution in [2.75, 3.05) is 18.0 Å². The molecule has 0 amide bonds. The van der Waals surface area contributed by atoms with Crippen molar-refractivity contribution in [3.63, 3.8) is 0 Å². The van der Waals surface area contributed by atoms with Crippen LogP contribution in [0.5, 0.6) is 0 Å². The maximum atomic E-state index is 9.06. The monoisotopic (exact) mass is 255 g/mol. The molecule has 2 nitrogen and oxygen atoms in total. The van der Waals surface area contributed by atoms with E-state index in [0.29, 0.717) is 5.92 Å². The van der Waals surface area contributed by atoms with E-state index in [4.69, 9.17) is 16.7 Å². The maximum Gasteiger partial charge on any atom is 0.0682 e. The number of nitrogens with zero attached hydrogens (tertiary/aromatic N) is 1. The number of halogens is 1. The number of aliphatic hydroxyl groups is 1. The van der Waals surface area contributed by atoms with E-state index in [1.165, 1.54) is 6.42 Å². The summed E-state index contributed by atoms with van der Waals surface area (Å²) in [5.41, 5.74) is 1.92.